The Hall–Kier alpha value is -3.39. The molecule has 2 aromatic carbocycles. The van der Waals surface area contributed by atoms with Gasteiger partial charge in [-0.2, -0.15) is 0 Å². The molecule has 180 valence electrons. The molecule has 1 heterocycles. The van der Waals surface area contributed by atoms with Crippen molar-refractivity contribution in [2.75, 3.05) is 26.3 Å². The summed E-state index contributed by atoms with van der Waals surface area (Å²) in [5.41, 5.74) is 4.62. The zero-order valence-electron chi connectivity index (χ0n) is 19.4. The van der Waals surface area contributed by atoms with Gasteiger partial charge in [0, 0.05) is 31.5 Å². The maximum Gasteiger partial charge on any atom is 0.407 e. The molecule has 0 bridgehead atoms. The summed E-state index contributed by atoms with van der Waals surface area (Å²) in [6.07, 6.45) is -0.652. The molecular weight excluding hydrogens is 436 g/mol. The van der Waals surface area contributed by atoms with Gasteiger partial charge in [-0.25, -0.2) is 9.59 Å². The number of carboxylic acids is 1. The number of rotatable bonds is 9. The molecule has 8 heteroatoms. The van der Waals surface area contributed by atoms with Gasteiger partial charge in [-0.3, -0.25) is 4.79 Å². The third-order valence-electron chi connectivity index (χ3n) is 6.49. The van der Waals surface area contributed by atoms with Gasteiger partial charge in [0.25, 0.3) is 0 Å². The van der Waals surface area contributed by atoms with Crippen molar-refractivity contribution in [3.05, 3.63) is 59.7 Å². The first-order valence-electron chi connectivity index (χ1n) is 11.6. The highest BCUT2D eigenvalue weighted by Gasteiger charge is 2.34. The Morgan fingerprint density at radius 1 is 1.03 bits per heavy atom. The first-order chi connectivity index (χ1) is 16.3. The molecule has 0 radical (unpaired) electrons. The molecule has 1 fully saturated rings. The smallest absolute Gasteiger partial charge is 0.407 e. The standard InChI is InChI=1S/C26H30N2O6/c1-16(2)23(11-24(29)28-12-17(13-28)33-15-25(30)31)27-26(32)34-14-22-20-9-5-3-7-18(20)19-8-4-6-10-21(19)22/h3-10,16-17,22-23H,11-15H2,1-2H3,(H,27,32)(H,30,31)/t23-/m1/s1. The summed E-state index contributed by atoms with van der Waals surface area (Å²) < 4.78 is 10.8. The highest BCUT2D eigenvalue weighted by Crippen LogP contribution is 2.44. The lowest BCUT2D eigenvalue weighted by Crippen LogP contribution is -2.56. The second-order valence-electron chi connectivity index (χ2n) is 9.15. The van der Waals surface area contributed by atoms with E-state index in [0.29, 0.717) is 13.1 Å². The van der Waals surface area contributed by atoms with Crippen molar-refractivity contribution in [1.29, 1.82) is 0 Å². The number of hydrogen-bond acceptors (Lipinski definition) is 5. The summed E-state index contributed by atoms with van der Waals surface area (Å²) in [5.74, 6) is -1.13. The number of alkyl carbamates (subject to hydrolysis) is 1. The second-order valence-corrected chi connectivity index (χ2v) is 9.15. The number of carbonyl (C=O) groups excluding carboxylic acids is 2. The van der Waals surface area contributed by atoms with Gasteiger partial charge in [0.1, 0.15) is 13.2 Å². The number of benzene rings is 2. The predicted octanol–water partition coefficient (Wildman–Crippen LogP) is 3.25. The van der Waals surface area contributed by atoms with Crippen molar-refractivity contribution < 1.29 is 29.0 Å². The summed E-state index contributed by atoms with van der Waals surface area (Å²) in [6, 6.07) is 15.9. The lowest BCUT2D eigenvalue weighted by Gasteiger charge is -2.39. The quantitative estimate of drug-likeness (QED) is 0.588. The average Bonchev–Trinajstić information content (AvgIpc) is 3.09. The number of carboxylic acid groups (broad SMARTS) is 1. The van der Waals surface area contributed by atoms with Crippen LogP contribution in [0.15, 0.2) is 48.5 Å². The van der Waals surface area contributed by atoms with Crippen LogP contribution in [0, 0.1) is 5.92 Å². The van der Waals surface area contributed by atoms with Crippen LogP contribution in [-0.2, 0) is 19.1 Å². The summed E-state index contributed by atoms with van der Waals surface area (Å²) in [4.78, 5) is 37.4. The minimum absolute atomic E-state index is 0.0268. The van der Waals surface area contributed by atoms with Crippen LogP contribution in [0.2, 0.25) is 0 Å². The van der Waals surface area contributed by atoms with E-state index in [0.717, 1.165) is 22.3 Å². The van der Waals surface area contributed by atoms with Gasteiger partial charge >= 0.3 is 12.1 Å². The Kier molecular flexibility index (Phi) is 7.17. The number of nitrogens with one attached hydrogen (secondary N) is 1. The lowest BCUT2D eigenvalue weighted by atomic mass is 9.98. The number of likely N-dealkylation sites (tertiary alicyclic amines) is 1. The number of aliphatic carboxylic acids is 1. The normalized spacial score (nSPS) is 15.9. The molecule has 0 unspecified atom stereocenters. The molecule has 1 aliphatic carbocycles. The van der Waals surface area contributed by atoms with Crippen LogP contribution in [0.25, 0.3) is 11.1 Å². The topological polar surface area (TPSA) is 105 Å². The molecule has 0 aromatic heterocycles. The van der Waals surface area contributed by atoms with Crippen molar-refractivity contribution in [2.24, 2.45) is 5.92 Å². The molecule has 2 aromatic rings. The minimum Gasteiger partial charge on any atom is -0.480 e. The van der Waals surface area contributed by atoms with E-state index in [2.05, 4.69) is 29.6 Å². The third-order valence-corrected chi connectivity index (χ3v) is 6.49. The van der Waals surface area contributed by atoms with Crippen LogP contribution in [-0.4, -0.2) is 66.4 Å². The van der Waals surface area contributed by atoms with E-state index < -0.39 is 12.1 Å². The summed E-state index contributed by atoms with van der Waals surface area (Å²) in [7, 11) is 0. The van der Waals surface area contributed by atoms with Gasteiger partial charge in [-0.05, 0) is 28.2 Å². The molecule has 0 spiro atoms. The third kappa shape index (κ3) is 5.22. The Balaban J connectivity index is 1.29. The van der Waals surface area contributed by atoms with E-state index in [1.54, 1.807) is 4.90 Å². The molecule has 1 atom stereocenters. The van der Waals surface area contributed by atoms with Gasteiger partial charge < -0.3 is 24.8 Å². The number of amides is 2. The van der Waals surface area contributed by atoms with Crippen molar-refractivity contribution in [1.82, 2.24) is 10.2 Å². The van der Waals surface area contributed by atoms with Gasteiger partial charge in [-0.1, -0.05) is 62.4 Å². The first kappa shape index (κ1) is 23.8. The minimum atomic E-state index is -1.03. The van der Waals surface area contributed by atoms with Gasteiger partial charge in [0.2, 0.25) is 5.91 Å². The molecule has 2 N–H and O–H groups in total. The zero-order chi connectivity index (χ0) is 24.2. The second kappa shape index (κ2) is 10.3. The van der Waals surface area contributed by atoms with Crippen LogP contribution in [0.3, 0.4) is 0 Å². The van der Waals surface area contributed by atoms with Crippen LogP contribution in [0.1, 0.15) is 37.3 Å². The van der Waals surface area contributed by atoms with E-state index in [1.165, 1.54) is 0 Å². The fraction of sp³-hybridized carbons (Fsp3) is 0.423. The van der Waals surface area contributed by atoms with Crippen molar-refractivity contribution in [2.45, 2.75) is 38.3 Å². The van der Waals surface area contributed by atoms with E-state index in [1.807, 2.05) is 38.1 Å². The van der Waals surface area contributed by atoms with Crippen molar-refractivity contribution >= 4 is 18.0 Å². The lowest BCUT2D eigenvalue weighted by molar-refractivity contribution is -0.154. The van der Waals surface area contributed by atoms with Gasteiger partial charge in [0.05, 0.1) is 6.10 Å². The molecule has 2 aliphatic rings. The van der Waals surface area contributed by atoms with E-state index in [4.69, 9.17) is 14.6 Å². The number of carbonyl (C=O) groups is 3. The average molecular weight is 467 g/mol. The van der Waals surface area contributed by atoms with E-state index >= 15 is 0 Å². The first-order valence-corrected chi connectivity index (χ1v) is 11.6. The number of nitrogens with zero attached hydrogens (tertiary/aromatic N) is 1. The molecule has 1 aliphatic heterocycles. The maximum absolute atomic E-state index is 12.6. The maximum atomic E-state index is 12.6. The van der Waals surface area contributed by atoms with Crippen molar-refractivity contribution in [3.8, 4) is 11.1 Å². The molecule has 1 saturated heterocycles. The number of fused-ring (bicyclic) bond motifs is 3. The number of hydrogen-bond donors (Lipinski definition) is 2. The SMILES string of the molecule is CC(C)[C@@H](CC(=O)N1CC(OCC(=O)O)C1)NC(=O)OCC1c2ccccc2-c2ccccc21. The van der Waals surface area contributed by atoms with E-state index in [-0.39, 0.29) is 49.5 Å². The molecule has 4 rings (SSSR count). The number of ether oxygens (including phenoxy) is 2. The van der Waals surface area contributed by atoms with Crippen LogP contribution in [0.4, 0.5) is 4.79 Å². The summed E-state index contributed by atoms with van der Waals surface area (Å²) in [5, 5.41) is 11.5. The van der Waals surface area contributed by atoms with Crippen LogP contribution < -0.4 is 5.32 Å². The van der Waals surface area contributed by atoms with Gasteiger partial charge in [-0.15, -0.1) is 0 Å². The monoisotopic (exact) mass is 466 g/mol. The Morgan fingerprint density at radius 3 is 2.18 bits per heavy atom. The fourth-order valence-electron chi connectivity index (χ4n) is 4.50. The zero-order valence-corrected chi connectivity index (χ0v) is 19.4. The van der Waals surface area contributed by atoms with Crippen LogP contribution in [0.5, 0.6) is 0 Å². The Morgan fingerprint density at radius 2 is 1.62 bits per heavy atom. The molecular formula is C26H30N2O6. The highest BCUT2D eigenvalue weighted by molar-refractivity contribution is 5.80. The molecule has 2 amide bonds. The largest absolute Gasteiger partial charge is 0.480 e. The van der Waals surface area contributed by atoms with E-state index in [9.17, 15) is 14.4 Å². The molecule has 0 saturated carbocycles. The van der Waals surface area contributed by atoms with Gasteiger partial charge in [0.15, 0.2) is 0 Å². The Labute approximate surface area is 198 Å². The predicted molar refractivity (Wildman–Crippen MR) is 125 cm³/mol. The Bertz CT molecular complexity index is 1020. The highest BCUT2D eigenvalue weighted by atomic mass is 16.5. The molecule has 34 heavy (non-hydrogen) atoms. The van der Waals surface area contributed by atoms with Crippen molar-refractivity contribution in [3.63, 3.8) is 0 Å². The summed E-state index contributed by atoms with van der Waals surface area (Å²) >= 11 is 0. The fourth-order valence-corrected chi connectivity index (χ4v) is 4.50. The summed E-state index contributed by atoms with van der Waals surface area (Å²) in [6.45, 7) is 4.45. The van der Waals surface area contributed by atoms with Crippen LogP contribution >= 0.6 is 0 Å². The molecule has 8 nitrogen and oxygen atoms in total.